The Morgan fingerprint density at radius 2 is 2.06 bits per heavy atom. The lowest BCUT2D eigenvalue weighted by atomic mass is 10.1. The van der Waals surface area contributed by atoms with E-state index in [1.165, 1.54) is 31.7 Å². The number of nitrogens with two attached hydrogens (primary N) is 1. The van der Waals surface area contributed by atoms with Gasteiger partial charge in [0, 0.05) is 12.1 Å². The molecular weight excluding hydrogens is 342 g/mol. The van der Waals surface area contributed by atoms with Gasteiger partial charge in [-0.05, 0) is 42.0 Å². The Hall–Kier alpha value is -0.520. The molecule has 0 spiro atoms. The minimum absolute atomic E-state index is 0.217. The molecule has 4 heteroatoms. The van der Waals surface area contributed by atoms with Crippen molar-refractivity contribution in [1.29, 1.82) is 0 Å². The first-order chi connectivity index (χ1) is 8.54. The molecule has 0 amide bonds. The second kappa shape index (κ2) is 7.81. The number of unbranched alkanes of at least 4 members (excludes halogenated alkanes) is 3. The maximum absolute atomic E-state index is 13.5. The van der Waals surface area contributed by atoms with E-state index < -0.39 is 0 Å². The zero-order valence-electron chi connectivity index (χ0n) is 11.1. The molecule has 18 heavy (non-hydrogen) atoms. The zero-order valence-corrected chi connectivity index (χ0v) is 13.3. The first-order valence-corrected chi connectivity index (χ1v) is 7.63. The van der Waals surface area contributed by atoms with Crippen LogP contribution in [0.15, 0.2) is 12.1 Å². The van der Waals surface area contributed by atoms with Gasteiger partial charge in [0.05, 0.1) is 14.9 Å². The number of nitrogens with one attached hydrogen (secondary N) is 1. The van der Waals surface area contributed by atoms with Gasteiger partial charge in [-0.3, -0.25) is 0 Å². The maximum Gasteiger partial charge on any atom is 0.138 e. The molecule has 1 aromatic rings. The highest BCUT2D eigenvalue weighted by Crippen LogP contribution is 2.25. The molecule has 0 saturated heterocycles. The quantitative estimate of drug-likeness (QED) is 0.415. The van der Waals surface area contributed by atoms with Crippen molar-refractivity contribution >= 4 is 34.0 Å². The molecule has 102 valence electrons. The van der Waals surface area contributed by atoms with Crippen LogP contribution >= 0.6 is 22.6 Å². The minimum atomic E-state index is -0.217. The summed E-state index contributed by atoms with van der Waals surface area (Å²) in [6.45, 7) is 4.32. The van der Waals surface area contributed by atoms with Crippen molar-refractivity contribution in [3.8, 4) is 0 Å². The summed E-state index contributed by atoms with van der Waals surface area (Å²) in [4.78, 5) is 0. The van der Waals surface area contributed by atoms with Gasteiger partial charge in [-0.2, -0.15) is 0 Å². The fourth-order valence-corrected chi connectivity index (χ4v) is 2.39. The Labute approximate surface area is 123 Å². The Bertz CT molecular complexity index is 382. The van der Waals surface area contributed by atoms with E-state index in [0.717, 1.165) is 6.42 Å². The average Bonchev–Trinajstić information content (AvgIpc) is 2.32. The molecule has 0 aliphatic rings. The first kappa shape index (κ1) is 15.5. The van der Waals surface area contributed by atoms with E-state index in [4.69, 9.17) is 5.73 Å². The molecule has 1 rings (SSSR count). The molecule has 3 N–H and O–H groups in total. The lowest BCUT2D eigenvalue weighted by Gasteiger charge is -2.17. The van der Waals surface area contributed by atoms with Gasteiger partial charge in [0.1, 0.15) is 5.82 Å². The zero-order chi connectivity index (χ0) is 13.5. The van der Waals surface area contributed by atoms with Crippen LogP contribution in [0.3, 0.4) is 0 Å². The van der Waals surface area contributed by atoms with Crippen molar-refractivity contribution in [2.24, 2.45) is 0 Å². The van der Waals surface area contributed by atoms with E-state index in [0.29, 0.717) is 21.0 Å². The summed E-state index contributed by atoms with van der Waals surface area (Å²) in [5.41, 5.74) is 7.20. The molecule has 0 aliphatic heterocycles. The van der Waals surface area contributed by atoms with Crippen molar-refractivity contribution in [3.63, 3.8) is 0 Å². The van der Waals surface area contributed by atoms with Crippen molar-refractivity contribution < 1.29 is 4.39 Å². The van der Waals surface area contributed by atoms with Gasteiger partial charge in [-0.1, -0.05) is 32.6 Å². The largest absolute Gasteiger partial charge is 0.397 e. The molecule has 0 heterocycles. The van der Waals surface area contributed by atoms with Gasteiger partial charge < -0.3 is 11.1 Å². The third-order valence-electron chi connectivity index (χ3n) is 2.99. The van der Waals surface area contributed by atoms with Crippen LogP contribution < -0.4 is 11.1 Å². The Morgan fingerprint density at radius 1 is 1.33 bits per heavy atom. The van der Waals surface area contributed by atoms with Gasteiger partial charge in [-0.25, -0.2) is 4.39 Å². The van der Waals surface area contributed by atoms with Crippen molar-refractivity contribution in [2.75, 3.05) is 11.1 Å². The molecule has 1 unspecified atom stereocenters. The van der Waals surface area contributed by atoms with Gasteiger partial charge in [-0.15, -0.1) is 0 Å². The van der Waals surface area contributed by atoms with Crippen LogP contribution in [0.1, 0.15) is 46.0 Å². The highest BCUT2D eigenvalue weighted by atomic mass is 127. The number of rotatable bonds is 7. The molecular formula is C14H22FIN2. The normalized spacial score (nSPS) is 12.4. The average molecular weight is 364 g/mol. The smallest absolute Gasteiger partial charge is 0.138 e. The molecule has 1 atom stereocenters. The fourth-order valence-electron chi connectivity index (χ4n) is 1.90. The molecule has 0 saturated carbocycles. The number of anilines is 2. The number of hydrogen-bond acceptors (Lipinski definition) is 2. The summed E-state index contributed by atoms with van der Waals surface area (Å²) in [6.07, 6.45) is 6.09. The molecule has 0 aliphatic carbocycles. The summed E-state index contributed by atoms with van der Waals surface area (Å²) in [6, 6.07) is 3.48. The third kappa shape index (κ3) is 5.00. The van der Waals surface area contributed by atoms with Crippen LogP contribution in [0.2, 0.25) is 0 Å². The Balaban J connectivity index is 2.48. The van der Waals surface area contributed by atoms with Crippen molar-refractivity contribution in [3.05, 3.63) is 21.5 Å². The minimum Gasteiger partial charge on any atom is -0.397 e. The van der Waals surface area contributed by atoms with Crippen LogP contribution in [-0.4, -0.2) is 6.04 Å². The third-order valence-corrected chi connectivity index (χ3v) is 3.81. The lowest BCUT2D eigenvalue weighted by molar-refractivity contribution is 0.592. The molecule has 1 aromatic carbocycles. The van der Waals surface area contributed by atoms with Crippen LogP contribution in [-0.2, 0) is 0 Å². The second-order valence-corrected chi connectivity index (χ2v) is 5.91. The van der Waals surface area contributed by atoms with E-state index >= 15 is 0 Å². The maximum atomic E-state index is 13.5. The summed E-state index contributed by atoms with van der Waals surface area (Å²) in [7, 11) is 0. The standard InChI is InChI=1S/C14H22FIN2/c1-3-4-5-6-7-10(2)18-14-8-11(15)12(16)9-13(14)17/h8-10,18H,3-7,17H2,1-2H3. The fraction of sp³-hybridized carbons (Fsp3) is 0.571. The Morgan fingerprint density at radius 3 is 2.72 bits per heavy atom. The summed E-state index contributed by atoms with van der Waals surface area (Å²) >= 11 is 1.95. The molecule has 2 nitrogen and oxygen atoms in total. The van der Waals surface area contributed by atoms with E-state index in [1.807, 2.05) is 22.6 Å². The second-order valence-electron chi connectivity index (χ2n) is 4.75. The highest BCUT2D eigenvalue weighted by Gasteiger charge is 2.08. The summed E-state index contributed by atoms with van der Waals surface area (Å²) in [5.74, 6) is -0.217. The van der Waals surface area contributed by atoms with E-state index in [2.05, 4.69) is 19.2 Å². The van der Waals surface area contributed by atoms with E-state index in [9.17, 15) is 4.39 Å². The first-order valence-electron chi connectivity index (χ1n) is 6.55. The molecule has 0 radical (unpaired) electrons. The summed E-state index contributed by atoms with van der Waals surface area (Å²) in [5, 5.41) is 3.29. The number of benzene rings is 1. The van der Waals surface area contributed by atoms with E-state index in [-0.39, 0.29) is 5.82 Å². The SMILES string of the molecule is CCCCCCC(C)Nc1cc(F)c(I)cc1N. The van der Waals surface area contributed by atoms with Crippen molar-refractivity contribution in [2.45, 2.75) is 52.0 Å². The molecule has 0 aromatic heterocycles. The number of nitrogen functional groups attached to an aromatic ring is 1. The van der Waals surface area contributed by atoms with Crippen LogP contribution in [0.4, 0.5) is 15.8 Å². The Kier molecular flexibility index (Phi) is 6.75. The van der Waals surface area contributed by atoms with Gasteiger partial charge >= 0.3 is 0 Å². The predicted octanol–water partition coefficient (Wildman–Crippen LogP) is 4.78. The number of hydrogen-bond donors (Lipinski definition) is 2. The van der Waals surface area contributed by atoms with Gasteiger partial charge in [0.25, 0.3) is 0 Å². The molecule has 0 bridgehead atoms. The molecule has 0 fully saturated rings. The van der Waals surface area contributed by atoms with E-state index in [1.54, 1.807) is 6.07 Å². The van der Waals surface area contributed by atoms with Crippen LogP contribution in [0.5, 0.6) is 0 Å². The van der Waals surface area contributed by atoms with Crippen LogP contribution in [0, 0.1) is 9.39 Å². The monoisotopic (exact) mass is 364 g/mol. The van der Waals surface area contributed by atoms with Gasteiger partial charge in [0.15, 0.2) is 0 Å². The lowest BCUT2D eigenvalue weighted by Crippen LogP contribution is -2.16. The summed E-state index contributed by atoms with van der Waals surface area (Å²) < 4.78 is 14.0. The van der Waals surface area contributed by atoms with Crippen molar-refractivity contribution in [1.82, 2.24) is 0 Å². The highest BCUT2D eigenvalue weighted by molar-refractivity contribution is 14.1. The van der Waals surface area contributed by atoms with Gasteiger partial charge in [0.2, 0.25) is 0 Å². The number of halogens is 2. The predicted molar refractivity (Wildman–Crippen MR) is 85.4 cm³/mol. The van der Waals surface area contributed by atoms with Crippen LogP contribution in [0.25, 0.3) is 0 Å². The topological polar surface area (TPSA) is 38.0 Å².